The lowest BCUT2D eigenvalue weighted by atomic mass is 10.0. The summed E-state index contributed by atoms with van der Waals surface area (Å²) in [6, 6.07) is 22.0. The molecule has 3 heteroatoms. The van der Waals surface area contributed by atoms with Crippen molar-refractivity contribution in [1.29, 1.82) is 0 Å². The summed E-state index contributed by atoms with van der Waals surface area (Å²) in [7, 11) is 0. The summed E-state index contributed by atoms with van der Waals surface area (Å²) in [6.45, 7) is 0. The van der Waals surface area contributed by atoms with Crippen molar-refractivity contribution in [3.63, 3.8) is 0 Å². The van der Waals surface area contributed by atoms with Crippen LogP contribution in [-0.4, -0.2) is 6.04 Å². The van der Waals surface area contributed by atoms with Crippen molar-refractivity contribution in [2.45, 2.75) is 0 Å². The number of para-hydroxylation sites is 1. The van der Waals surface area contributed by atoms with E-state index in [1.165, 1.54) is 12.1 Å². The van der Waals surface area contributed by atoms with Gasteiger partial charge in [-0.1, -0.05) is 54.6 Å². The van der Waals surface area contributed by atoms with Crippen LogP contribution in [0.1, 0.15) is 10.4 Å². The number of ether oxygens (including phenoxy) is 1. The van der Waals surface area contributed by atoms with E-state index in [1.807, 2.05) is 54.6 Å². The number of carbonyl (C=O) groups excluding carboxylic acids is 1. The highest BCUT2D eigenvalue weighted by atomic mass is 19.1. The average molecular weight is 292 g/mol. The number of carbonyl (C=O) groups is 1. The molecule has 0 saturated carbocycles. The Balaban J connectivity index is 1.97. The van der Waals surface area contributed by atoms with E-state index < -0.39 is 6.04 Å². The molecule has 0 radical (unpaired) electrons. The van der Waals surface area contributed by atoms with Gasteiger partial charge in [-0.25, -0.2) is 0 Å². The number of halogens is 1. The highest BCUT2D eigenvalue weighted by Gasteiger charge is 2.09. The summed E-state index contributed by atoms with van der Waals surface area (Å²) in [5.41, 5.74) is 1.94. The molecule has 0 bridgehead atoms. The van der Waals surface area contributed by atoms with Gasteiger partial charge in [-0.15, -0.1) is 0 Å². The molecule has 0 aromatic heterocycles. The van der Waals surface area contributed by atoms with Gasteiger partial charge in [0, 0.05) is 5.56 Å². The minimum Gasteiger partial charge on any atom is -0.457 e. The van der Waals surface area contributed by atoms with Crippen LogP contribution in [0.2, 0.25) is 0 Å². The molecule has 0 N–H and O–H groups in total. The Morgan fingerprint density at radius 3 is 2.32 bits per heavy atom. The van der Waals surface area contributed by atoms with E-state index in [-0.39, 0.29) is 5.56 Å². The summed E-state index contributed by atoms with van der Waals surface area (Å²) in [6.07, 6.45) is 0. The van der Waals surface area contributed by atoms with Crippen molar-refractivity contribution >= 4 is 6.04 Å². The third-order valence-electron chi connectivity index (χ3n) is 3.26. The first-order chi connectivity index (χ1) is 10.7. The molecule has 0 aliphatic heterocycles. The number of hydrogen-bond acceptors (Lipinski definition) is 2. The quantitative estimate of drug-likeness (QED) is 0.613. The highest BCUT2D eigenvalue weighted by Crippen LogP contribution is 2.33. The number of rotatable bonds is 4. The van der Waals surface area contributed by atoms with Gasteiger partial charge in [0.1, 0.15) is 11.5 Å². The molecule has 3 aromatic rings. The zero-order valence-electron chi connectivity index (χ0n) is 11.7. The summed E-state index contributed by atoms with van der Waals surface area (Å²) >= 11 is 0. The Morgan fingerprint density at radius 2 is 1.55 bits per heavy atom. The first-order valence-electron chi connectivity index (χ1n) is 6.86. The lowest BCUT2D eigenvalue weighted by Gasteiger charge is -2.11. The third-order valence-corrected chi connectivity index (χ3v) is 3.26. The number of hydrogen-bond donors (Lipinski definition) is 0. The lowest BCUT2D eigenvalue weighted by Crippen LogP contribution is -1.92. The molecule has 0 fully saturated rings. The fourth-order valence-electron chi connectivity index (χ4n) is 2.22. The smallest absolute Gasteiger partial charge is 0.332 e. The normalized spacial score (nSPS) is 10.2. The first-order valence-corrected chi connectivity index (χ1v) is 6.86. The maximum atomic E-state index is 12.8. The van der Waals surface area contributed by atoms with Crippen LogP contribution in [-0.2, 0) is 0 Å². The molecule has 0 heterocycles. The summed E-state index contributed by atoms with van der Waals surface area (Å²) in [5.74, 6) is 1.07. The lowest BCUT2D eigenvalue weighted by molar-refractivity contribution is 0.0835. The van der Waals surface area contributed by atoms with E-state index in [4.69, 9.17) is 4.74 Å². The van der Waals surface area contributed by atoms with Crippen LogP contribution < -0.4 is 4.74 Å². The second-order valence-electron chi connectivity index (χ2n) is 4.77. The van der Waals surface area contributed by atoms with Crippen molar-refractivity contribution in [2.24, 2.45) is 0 Å². The maximum absolute atomic E-state index is 12.8. The molecule has 3 rings (SSSR count). The molecule has 22 heavy (non-hydrogen) atoms. The fourth-order valence-corrected chi connectivity index (χ4v) is 2.22. The molecular formula is C19H13FO2. The van der Waals surface area contributed by atoms with Crippen LogP contribution in [0, 0.1) is 0 Å². The Labute approximate surface area is 127 Å². The summed E-state index contributed by atoms with van der Waals surface area (Å²) in [5, 5.41) is 0. The van der Waals surface area contributed by atoms with Gasteiger partial charge >= 0.3 is 6.04 Å². The van der Waals surface area contributed by atoms with E-state index in [9.17, 15) is 9.18 Å². The standard InChI is InChI=1S/C19H13FO2/c20-19(21)15-9-6-10-16(13-15)22-18-12-5-4-11-17(18)14-7-2-1-3-8-14/h1-13H. The molecule has 108 valence electrons. The van der Waals surface area contributed by atoms with Gasteiger partial charge in [-0.05, 0) is 29.8 Å². The number of benzene rings is 3. The molecule has 0 saturated heterocycles. The van der Waals surface area contributed by atoms with Crippen LogP contribution in [0.15, 0.2) is 78.9 Å². The van der Waals surface area contributed by atoms with Gasteiger partial charge in [0.15, 0.2) is 0 Å². The van der Waals surface area contributed by atoms with Crippen LogP contribution >= 0.6 is 0 Å². The Kier molecular flexibility index (Phi) is 3.97. The molecule has 0 atom stereocenters. The third kappa shape index (κ3) is 3.04. The first kappa shape index (κ1) is 14.0. The Morgan fingerprint density at radius 1 is 0.818 bits per heavy atom. The molecule has 3 aromatic carbocycles. The molecule has 0 unspecified atom stereocenters. The topological polar surface area (TPSA) is 26.3 Å². The predicted octanol–water partition coefficient (Wildman–Crippen LogP) is 5.26. The second-order valence-corrected chi connectivity index (χ2v) is 4.77. The van der Waals surface area contributed by atoms with E-state index in [0.717, 1.165) is 11.1 Å². The maximum Gasteiger partial charge on any atom is 0.332 e. The summed E-state index contributed by atoms with van der Waals surface area (Å²) in [4.78, 5) is 10.8. The van der Waals surface area contributed by atoms with Gasteiger partial charge in [0.25, 0.3) is 0 Å². The van der Waals surface area contributed by atoms with Gasteiger partial charge in [-0.3, -0.25) is 4.79 Å². The molecule has 0 aliphatic rings. The summed E-state index contributed by atoms with van der Waals surface area (Å²) < 4.78 is 18.6. The van der Waals surface area contributed by atoms with Crippen LogP contribution in [0.25, 0.3) is 11.1 Å². The van der Waals surface area contributed by atoms with Gasteiger partial charge in [0.2, 0.25) is 0 Å². The second kappa shape index (κ2) is 6.22. The largest absolute Gasteiger partial charge is 0.457 e. The molecular weight excluding hydrogens is 279 g/mol. The van der Waals surface area contributed by atoms with E-state index in [0.29, 0.717) is 11.5 Å². The Bertz CT molecular complexity index is 797. The van der Waals surface area contributed by atoms with Gasteiger partial charge in [0.05, 0.1) is 5.56 Å². The van der Waals surface area contributed by atoms with Crippen LogP contribution in [0.4, 0.5) is 4.39 Å². The van der Waals surface area contributed by atoms with Gasteiger partial charge in [-0.2, -0.15) is 4.39 Å². The molecule has 0 aliphatic carbocycles. The van der Waals surface area contributed by atoms with E-state index in [2.05, 4.69) is 0 Å². The van der Waals surface area contributed by atoms with Crippen molar-refractivity contribution in [3.8, 4) is 22.6 Å². The molecule has 0 amide bonds. The van der Waals surface area contributed by atoms with Crippen molar-refractivity contribution in [3.05, 3.63) is 84.4 Å². The van der Waals surface area contributed by atoms with Crippen molar-refractivity contribution < 1.29 is 13.9 Å². The minimum atomic E-state index is -1.47. The fraction of sp³-hybridized carbons (Fsp3) is 0. The van der Waals surface area contributed by atoms with Crippen LogP contribution in [0.3, 0.4) is 0 Å². The van der Waals surface area contributed by atoms with Crippen molar-refractivity contribution in [2.75, 3.05) is 0 Å². The molecule has 2 nitrogen and oxygen atoms in total. The zero-order valence-corrected chi connectivity index (χ0v) is 11.7. The SMILES string of the molecule is O=C(F)c1cccc(Oc2ccccc2-c2ccccc2)c1. The monoisotopic (exact) mass is 292 g/mol. The van der Waals surface area contributed by atoms with Gasteiger partial charge < -0.3 is 4.74 Å². The molecule has 0 spiro atoms. The zero-order chi connectivity index (χ0) is 15.4. The predicted molar refractivity (Wildman–Crippen MR) is 83.8 cm³/mol. The average Bonchev–Trinajstić information content (AvgIpc) is 2.56. The minimum absolute atomic E-state index is 0.0188. The van der Waals surface area contributed by atoms with Crippen molar-refractivity contribution in [1.82, 2.24) is 0 Å². The Hall–Kier alpha value is -2.94. The van der Waals surface area contributed by atoms with Crippen LogP contribution in [0.5, 0.6) is 11.5 Å². The van der Waals surface area contributed by atoms with E-state index >= 15 is 0 Å². The van der Waals surface area contributed by atoms with E-state index in [1.54, 1.807) is 12.1 Å². The highest BCUT2D eigenvalue weighted by molar-refractivity contribution is 5.88.